The van der Waals surface area contributed by atoms with Crippen LogP contribution >= 0.6 is 11.8 Å². The molecule has 0 radical (unpaired) electrons. The average Bonchev–Trinajstić information content (AvgIpc) is 3.19. The Balaban J connectivity index is 1.52. The molecular formula is C20H24N2O3S2. The first-order valence-electron chi connectivity index (χ1n) is 8.99. The first kappa shape index (κ1) is 19.9. The molecule has 27 heavy (non-hydrogen) atoms. The van der Waals surface area contributed by atoms with E-state index in [1.807, 2.05) is 12.1 Å². The third kappa shape index (κ3) is 5.12. The van der Waals surface area contributed by atoms with Gasteiger partial charge in [-0.15, -0.1) is 11.8 Å². The van der Waals surface area contributed by atoms with Gasteiger partial charge in [-0.2, -0.15) is 4.31 Å². The van der Waals surface area contributed by atoms with Crippen LogP contribution < -0.4 is 5.32 Å². The van der Waals surface area contributed by atoms with Gasteiger partial charge in [0.15, 0.2) is 0 Å². The fraction of sp³-hybridized carbons (Fsp3) is 0.350. The molecule has 1 aliphatic heterocycles. The van der Waals surface area contributed by atoms with E-state index in [9.17, 15) is 13.2 Å². The summed E-state index contributed by atoms with van der Waals surface area (Å²) in [5.41, 5.74) is 3.06. The van der Waals surface area contributed by atoms with Crippen LogP contribution in [0.4, 0.5) is 5.69 Å². The number of hydrogen-bond acceptors (Lipinski definition) is 4. The molecule has 144 valence electrons. The van der Waals surface area contributed by atoms with E-state index in [2.05, 4.69) is 24.4 Å². The molecule has 0 atom stereocenters. The fourth-order valence-corrected chi connectivity index (χ4v) is 5.43. The van der Waals surface area contributed by atoms with Crippen LogP contribution in [0.5, 0.6) is 0 Å². The van der Waals surface area contributed by atoms with Gasteiger partial charge in [0.2, 0.25) is 15.9 Å². The van der Waals surface area contributed by atoms with E-state index in [0.29, 0.717) is 24.5 Å². The van der Waals surface area contributed by atoms with E-state index in [4.69, 9.17) is 0 Å². The SMILES string of the molecule is Cc1ccccc1CSCC(=O)Nc1ccc(S(=O)(=O)N2CCCC2)cc1. The summed E-state index contributed by atoms with van der Waals surface area (Å²) in [5.74, 6) is 1.04. The third-order valence-electron chi connectivity index (χ3n) is 4.59. The number of hydrogen-bond donors (Lipinski definition) is 1. The zero-order chi connectivity index (χ0) is 19.3. The summed E-state index contributed by atoms with van der Waals surface area (Å²) >= 11 is 1.56. The van der Waals surface area contributed by atoms with Crippen LogP contribution in [0.25, 0.3) is 0 Å². The number of thioether (sulfide) groups is 1. The Bertz CT molecular complexity index is 890. The molecule has 1 aliphatic rings. The molecule has 1 heterocycles. The van der Waals surface area contributed by atoms with E-state index < -0.39 is 10.0 Å². The molecule has 0 saturated carbocycles. The van der Waals surface area contributed by atoms with E-state index in [1.165, 1.54) is 15.4 Å². The van der Waals surface area contributed by atoms with Crippen LogP contribution in [0.1, 0.15) is 24.0 Å². The summed E-state index contributed by atoms with van der Waals surface area (Å²) in [7, 11) is -3.42. The second kappa shape index (κ2) is 8.91. The maximum absolute atomic E-state index is 12.5. The lowest BCUT2D eigenvalue weighted by Gasteiger charge is -2.15. The number of amides is 1. The molecule has 5 nitrogen and oxygen atoms in total. The summed E-state index contributed by atoms with van der Waals surface area (Å²) in [4.78, 5) is 12.4. The number of nitrogens with one attached hydrogen (secondary N) is 1. The summed E-state index contributed by atoms with van der Waals surface area (Å²) in [6, 6.07) is 14.5. The number of carbonyl (C=O) groups is 1. The molecule has 0 aromatic heterocycles. The van der Waals surface area contributed by atoms with Gasteiger partial charge in [-0.1, -0.05) is 24.3 Å². The first-order valence-corrected chi connectivity index (χ1v) is 11.6. The van der Waals surface area contributed by atoms with Crippen molar-refractivity contribution in [3.8, 4) is 0 Å². The largest absolute Gasteiger partial charge is 0.325 e. The smallest absolute Gasteiger partial charge is 0.243 e. The van der Waals surface area contributed by atoms with Gasteiger partial charge in [-0.05, 0) is 55.2 Å². The van der Waals surface area contributed by atoms with Gasteiger partial charge in [0.05, 0.1) is 10.6 Å². The zero-order valence-corrected chi connectivity index (χ0v) is 17.0. The lowest BCUT2D eigenvalue weighted by molar-refractivity contribution is -0.113. The lowest BCUT2D eigenvalue weighted by Crippen LogP contribution is -2.27. The van der Waals surface area contributed by atoms with Crippen LogP contribution in [0, 0.1) is 6.92 Å². The minimum absolute atomic E-state index is 0.0938. The second-order valence-electron chi connectivity index (χ2n) is 6.60. The number of nitrogens with zero attached hydrogens (tertiary/aromatic N) is 1. The Kier molecular flexibility index (Phi) is 6.57. The van der Waals surface area contributed by atoms with Gasteiger partial charge in [-0.3, -0.25) is 4.79 Å². The standard InChI is InChI=1S/C20H24N2O3S2/c1-16-6-2-3-7-17(16)14-26-15-20(23)21-18-8-10-19(11-9-18)27(24,25)22-12-4-5-13-22/h2-3,6-11H,4-5,12-15H2,1H3,(H,21,23). The van der Waals surface area contributed by atoms with Crippen molar-refractivity contribution >= 4 is 33.4 Å². The number of carbonyl (C=O) groups excluding carboxylic acids is 1. The Morgan fingerprint density at radius 1 is 1.07 bits per heavy atom. The molecule has 1 N–H and O–H groups in total. The van der Waals surface area contributed by atoms with Crippen molar-refractivity contribution in [3.05, 3.63) is 59.7 Å². The second-order valence-corrected chi connectivity index (χ2v) is 9.53. The van der Waals surface area contributed by atoms with Crippen molar-refractivity contribution in [3.63, 3.8) is 0 Å². The van der Waals surface area contributed by atoms with E-state index >= 15 is 0 Å². The number of benzene rings is 2. The highest BCUT2D eigenvalue weighted by atomic mass is 32.2. The number of sulfonamides is 1. The fourth-order valence-electron chi connectivity index (χ4n) is 3.01. The minimum Gasteiger partial charge on any atom is -0.325 e. The Morgan fingerprint density at radius 3 is 2.41 bits per heavy atom. The van der Waals surface area contributed by atoms with Crippen LogP contribution in [0.15, 0.2) is 53.4 Å². The van der Waals surface area contributed by atoms with Crippen molar-refractivity contribution in [2.75, 3.05) is 24.2 Å². The zero-order valence-electron chi connectivity index (χ0n) is 15.3. The van der Waals surface area contributed by atoms with E-state index in [0.717, 1.165) is 18.6 Å². The molecule has 1 fully saturated rings. The quantitative estimate of drug-likeness (QED) is 0.765. The third-order valence-corrected chi connectivity index (χ3v) is 7.49. The summed E-state index contributed by atoms with van der Waals surface area (Å²) in [5, 5.41) is 2.82. The van der Waals surface area contributed by atoms with Gasteiger partial charge >= 0.3 is 0 Å². The number of anilines is 1. The monoisotopic (exact) mass is 404 g/mol. The summed E-state index contributed by atoms with van der Waals surface area (Å²) in [6.45, 7) is 3.23. The topological polar surface area (TPSA) is 66.5 Å². The van der Waals surface area contributed by atoms with Crippen LogP contribution in [-0.2, 0) is 20.6 Å². The highest BCUT2D eigenvalue weighted by Crippen LogP contribution is 2.22. The highest BCUT2D eigenvalue weighted by molar-refractivity contribution is 7.99. The number of rotatable bonds is 7. The molecule has 1 amide bonds. The molecule has 0 aliphatic carbocycles. The maximum Gasteiger partial charge on any atom is 0.243 e. The molecule has 7 heteroatoms. The van der Waals surface area contributed by atoms with Gasteiger partial charge < -0.3 is 5.32 Å². The summed E-state index contributed by atoms with van der Waals surface area (Å²) < 4.78 is 26.5. The Hall–Kier alpha value is -1.83. The Labute approximate surface area is 165 Å². The van der Waals surface area contributed by atoms with E-state index in [1.54, 1.807) is 36.0 Å². The molecule has 0 bridgehead atoms. The number of aryl methyl sites for hydroxylation is 1. The van der Waals surface area contributed by atoms with E-state index in [-0.39, 0.29) is 10.8 Å². The maximum atomic E-state index is 12.5. The van der Waals surface area contributed by atoms with Crippen LogP contribution in [0.3, 0.4) is 0 Å². The van der Waals surface area contributed by atoms with Crippen molar-refractivity contribution in [2.45, 2.75) is 30.4 Å². The Morgan fingerprint density at radius 2 is 1.74 bits per heavy atom. The van der Waals surface area contributed by atoms with Gasteiger partial charge in [0.25, 0.3) is 0 Å². The van der Waals surface area contributed by atoms with Gasteiger partial charge in [0, 0.05) is 24.5 Å². The highest BCUT2D eigenvalue weighted by Gasteiger charge is 2.26. The lowest BCUT2D eigenvalue weighted by atomic mass is 10.1. The molecule has 2 aromatic carbocycles. The van der Waals surface area contributed by atoms with Gasteiger partial charge in [0.1, 0.15) is 0 Å². The van der Waals surface area contributed by atoms with Crippen LogP contribution in [0.2, 0.25) is 0 Å². The summed E-state index contributed by atoms with van der Waals surface area (Å²) in [6.07, 6.45) is 1.82. The molecular weight excluding hydrogens is 380 g/mol. The predicted molar refractivity (Wildman–Crippen MR) is 110 cm³/mol. The molecule has 1 saturated heterocycles. The first-order chi connectivity index (χ1) is 13.0. The van der Waals surface area contributed by atoms with Crippen molar-refractivity contribution in [1.29, 1.82) is 0 Å². The van der Waals surface area contributed by atoms with Crippen molar-refractivity contribution in [2.24, 2.45) is 0 Å². The van der Waals surface area contributed by atoms with Crippen molar-refractivity contribution < 1.29 is 13.2 Å². The molecule has 2 aromatic rings. The van der Waals surface area contributed by atoms with Crippen molar-refractivity contribution in [1.82, 2.24) is 4.31 Å². The van der Waals surface area contributed by atoms with Gasteiger partial charge in [-0.25, -0.2) is 8.42 Å². The molecule has 3 rings (SSSR count). The minimum atomic E-state index is -3.42. The normalized spacial score (nSPS) is 15.0. The molecule has 0 unspecified atom stereocenters. The average molecular weight is 405 g/mol. The molecule has 0 spiro atoms. The van der Waals surface area contributed by atoms with Crippen LogP contribution in [-0.4, -0.2) is 37.5 Å². The predicted octanol–water partition coefficient (Wildman–Crippen LogP) is 3.65.